The van der Waals surface area contributed by atoms with Gasteiger partial charge in [-0.1, -0.05) is 13.3 Å². The molecular formula is C9H13NO2. The molecule has 0 radical (unpaired) electrons. The molecule has 0 atom stereocenters. The Bertz CT molecular complexity index is 328. The fourth-order valence-corrected chi connectivity index (χ4v) is 1.11. The van der Waals surface area contributed by atoms with E-state index in [1.54, 1.807) is 13.1 Å². The molecule has 0 aromatic carbocycles. The van der Waals surface area contributed by atoms with Gasteiger partial charge in [0.25, 0.3) is 0 Å². The van der Waals surface area contributed by atoms with E-state index in [0.29, 0.717) is 17.7 Å². The summed E-state index contributed by atoms with van der Waals surface area (Å²) in [7, 11) is 0. The first-order valence-electron chi connectivity index (χ1n) is 4.07. The fourth-order valence-electron chi connectivity index (χ4n) is 1.11. The Morgan fingerprint density at radius 1 is 1.58 bits per heavy atom. The Balaban J connectivity index is 3.18. The van der Waals surface area contributed by atoms with Gasteiger partial charge in [-0.15, -0.1) is 0 Å². The number of rotatable bonds is 2. The summed E-state index contributed by atoms with van der Waals surface area (Å²) in [5.74, 6) is -0.152. The summed E-state index contributed by atoms with van der Waals surface area (Å²) in [4.78, 5) is 14.2. The molecule has 3 heteroatoms. The van der Waals surface area contributed by atoms with Crippen LogP contribution in [0, 0.1) is 6.92 Å². The van der Waals surface area contributed by atoms with Gasteiger partial charge in [0.15, 0.2) is 5.75 Å². The zero-order valence-electron chi connectivity index (χ0n) is 7.35. The van der Waals surface area contributed by atoms with E-state index in [1.807, 2.05) is 6.92 Å². The van der Waals surface area contributed by atoms with Crippen LogP contribution in [0.25, 0.3) is 0 Å². The van der Waals surface area contributed by atoms with E-state index in [-0.39, 0.29) is 11.2 Å². The predicted molar refractivity (Wildman–Crippen MR) is 47.5 cm³/mol. The summed E-state index contributed by atoms with van der Waals surface area (Å²) in [6, 6.07) is 0. The van der Waals surface area contributed by atoms with Gasteiger partial charge >= 0.3 is 0 Å². The average molecular weight is 167 g/mol. The summed E-state index contributed by atoms with van der Waals surface area (Å²) in [6.07, 6.45) is 3.29. The highest BCUT2D eigenvalue weighted by Gasteiger charge is 2.05. The number of nitrogens with one attached hydrogen (secondary N) is 1. The molecule has 0 unspecified atom stereocenters. The molecule has 3 nitrogen and oxygen atoms in total. The van der Waals surface area contributed by atoms with E-state index in [0.717, 1.165) is 6.42 Å². The molecule has 0 aliphatic carbocycles. The Kier molecular flexibility index (Phi) is 2.53. The van der Waals surface area contributed by atoms with Crippen molar-refractivity contribution >= 4 is 0 Å². The van der Waals surface area contributed by atoms with E-state index >= 15 is 0 Å². The third kappa shape index (κ3) is 1.49. The van der Waals surface area contributed by atoms with Crippen LogP contribution in [0.2, 0.25) is 0 Å². The number of aromatic hydroxyl groups is 1. The Morgan fingerprint density at radius 3 is 2.83 bits per heavy atom. The van der Waals surface area contributed by atoms with Crippen LogP contribution in [0.4, 0.5) is 0 Å². The number of aromatic amines is 1. The summed E-state index contributed by atoms with van der Waals surface area (Å²) < 4.78 is 0. The van der Waals surface area contributed by atoms with Crippen molar-refractivity contribution in [3.63, 3.8) is 0 Å². The quantitative estimate of drug-likeness (QED) is 0.698. The Morgan fingerprint density at radius 2 is 2.25 bits per heavy atom. The lowest BCUT2D eigenvalue weighted by atomic mass is 10.1. The highest BCUT2D eigenvalue weighted by molar-refractivity contribution is 5.29. The molecular weight excluding hydrogens is 154 g/mol. The molecule has 1 rings (SSSR count). The zero-order valence-corrected chi connectivity index (χ0v) is 7.35. The summed E-state index contributed by atoms with van der Waals surface area (Å²) >= 11 is 0. The molecule has 0 spiro atoms. The van der Waals surface area contributed by atoms with Crippen LogP contribution in [-0.4, -0.2) is 10.1 Å². The second-order valence-electron chi connectivity index (χ2n) is 2.87. The lowest BCUT2D eigenvalue weighted by Crippen LogP contribution is -2.10. The highest BCUT2D eigenvalue weighted by atomic mass is 16.3. The molecule has 0 bridgehead atoms. The molecule has 1 aromatic rings. The third-order valence-corrected chi connectivity index (χ3v) is 1.84. The molecule has 0 saturated carbocycles. The molecule has 1 heterocycles. The number of aromatic nitrogens is 1. The van der Waals surface area contributed by atoms with Gasteiger partial charge in [0.1, 0.15) is 0 Å². The van der Waals surface area contributed by atoms with Gasteiger partial charge in [-0.05, 0) is 13.3 Å². The first-order chi connectivity index (χ1) is 5.66. The van der Waals surface area contributed by atoms with E-state index in [2.05, 4.69) is 4.98 Å². The van der Waals surface area contributed by atoms with Crippen molar-refractivity contribution in [3.8, 4) is 5.75 Å². The first-order valence-corrected chi connectivity index (χ1v) is 4.07. The second kappa shape index (κ2) is 3.43. The molecule has 0 aliphatic rings. The Hall–Kier alpha value is -1.25. The van der Waals surface area contributed by atoms with Gasteiger partial charge in [-0.25, -0.2) is 0 Å². The molecule has 66 valence electrons. The van der Waals surface area contributed by atoms with Crippen LogP contribution in [0.15, 0.2) is 11.0 Å². The summed E-state index contributed by atoms with van der Waals surface area (Å²) in [6.45, 7) is 3.67. The number of hydrogen-bond donors (Lipinski definition) is 2. The van der Waals surface area contributed by atoms with Gasteiger partial charge in [0, 0.05) is 11.8 Å². The van der Waals surface area contributed by atoms with Crippen molar-refractivity contribution in [3.05, 3.63) is 27.7 Å². The van der Waals surface area contributed by atoms with Crippen molar-refractivity contribution < 1.29 is 5.11 Å². The van der Waals surface area contributed by atoms with Gasteiger partial charge in [-0.3, -0.25) is 4.79 Å². The summed E-state index contributed by atoms with van der Waals surface area (Å²) in [5, 5.41) is 9.27. The predicted octanol–water partition coefficient (Wildman–Crippen LogP) is 1.34. The van der Waals surface area contributed by atoms with E-state index < -0.39 is 0 Å². The van der Waals surface area contributed by atoms with E-state index in [4.69, 9.17) is 0 Å². The van der Waals surface area contributed by atoms with Crippen molar-refractivity contribution in [2.24, 2.45) is 0 Å². The number of hydrogen-bond acceptors (Lipinski definition) is 2. The zero-order chi connectivity index (χ0) is 9.14. The minimum Gasteiger partial charge on any atom is -0.503 e. The molecule has 1 aromatic heterocycles. The second-order valence-corrected chi connectivity index (χ2v) is 2.87. The van der Waals surface area contributed by atoms with Crippen molar-refractivity contribution in [1.29, 1.82) is 0 Å². The van der Waals surface area contributed by atoms with Crippen molar-refractivity contribution in [2.75, 3.05) is 0 Å². The maximum Gasteiger partial charge on any atom is 0.226 e. The minimum absolute atomic E-state index is 0.152. The van der Waals surface area contributed by atoms with E-state index in [9.17, 15) is 9.90 Å². The molecule has 0 fully saturated rings. The van der Waals surface area contributed by atoms with Crippen LogP contribution in [-0.2, 0) is 6.42 Å². The van der Waals surface area contributed by atoms with Gasteiger partial charge in [0.2, 0.25) is 5.43 Å². The normalized spacial score (nSPS) is 10.2. The minimum atomic E-state index is -0.242. The Labute approximate surface area is 71.1 Å². The lowest BCUT2D eigenvalue weighted by molar-refractivity contribution is 0.461. The van der Waals surface area contributed by atoms with Crippen LogP contribution >= 0.6 is 0 Å². The van der Waals surface area contributed by atoms with Crippen LogP contribution in [0.3, 0.4) is 0 Å². The third-order valence-electron chi connectivity index (χ3n) is 1.84. The first kappa shape index (κ1) is 8.84. The molecule has 2 N–H and O–H groups in total. The maximum absolute atomic E-state index is 11.3. The number of H-pyrrole nitrogens is 1. The van der Waals surface area contributed by atoms with Crippen LogP contribution in [0.1, 0.15) is 24.6 Å². The monoisotopic (exact) mass is 167 g/mol. The number of aryl methyl sites for hydroxylation is 2. The maximum atomic E-state index is 11.3. The van der Waals surface area contributed by atoms with Crippen molar-refractivity contribution in [1.82, 2.24) is 4.98 Å². The lowest BCUT2D eigenvalue weighted by Gasteiger charge is -2.01. The molecule has 0 saturated heterocycles. The smallest absolute Gasteiger partial charge is 0.226 e. The largest absolute Gasteiger partial charge is 0.503 e. The fraction of sp³-hybridized carbons (Fsp3) is 0.444. The average Bonchev–Trinajstić information content (AvgIpc) is 2.07. The van der Waals surface area contributed by atoms with Crippen molar-refractivity contribution in [2.45, 2.75) is 26.7 Å². The van der Waals surface area contributed by atoms with E-state index in [1.165, 1.54) is 0 Å². The summed E-state index contributed by atoms with van der Waals surface area (Å²) in [5.41, 5.74) is 0.938. The SMILES string of the molecule is CCCc1c[nH]c(C)c(O)c1=O. The van der Waals surface area contributed by atoms with Gasteiger partial charge in [-0.2, -0.15) is 0 Å². The number of pyridine rings is 1. The standard InChI is InChI=1S/C9H13NO2/c1-3-4-7-5-10-6(2)8(11)9(7)12/h5,11H,3-4H2,1-2H3,(H,10,12). The highest BCUT2D eigenvalue weighted by Crippen LogP contribution is 2.07. The molecule has 12 heavy (non-hydrogen) atoms. The van der Waals surface area contributed by atoms with Crippen LogP contribution in [0.5, 0.6) is 5.75 Å². The van der Waals surface area contributed by atoms with Crippen LogP contribution < -0.4 is 5.43 Å². The van der Waals surface area contributed by atoms with Gasteiger partial charge < -0.3 is 10.1 Å². The molecule has 0 aliphatic heterocycles. The molecule has 0 amide bonds. The topological polar surface area (TPSA) is 53.1 Å². The van der Waals surface area contributed by atoms with Gasteiger partial charge in [0.05, 0.1) is 5.69 Å².